The number of fused-ring (bicyclic) bond motifs is 1. The van der Waals surface area contributed by atoms with Gasteiger partial charge in [-0.15, -0.1) is 0 Å². The number of ether oxygens (including phenoxy) is 2. The topological polar surface area (TPSA) is 148 Å². The molecule has 1 aromatic heterocycles. The number of aromatic nitrogens is 1. The Kier molecular flexibility index (Phi) is 14.0. The predicted octanol–water partition coefficient (Wildman–Crippen LogP) is 8.27. The Labute approximate surface area is 349 Å². The fraction of sp³-hybridized carbons (Fsp3) is 0.533. The largest absolute Gasteiger partial charge is 0.530 e. The van der Waals surface area contributed by atoms with Gasteiger partial charge in [-0.3, -0.25) is 14.5 Å². The van der Waals surface area contributed by atoms with Crippen LogP contribution in [0, 0.1) is 19.7 Å². The minimum Gasteiger partial charge on any atom is -0.530 e. The Hall–Kier alpha value is -4.98. The minimum atomic E-state index is -2.40. The molecule has 59 heavy (non-hydrogen) atoms. The minimum absolute atomic E-state index is 0.0860. The summed E-state index contributed by atoms with van der Waals surface area (Å²) >= 11 is 0. The summed E-state index contributed by atoms with van der Waals surface area (Å²) in [5.74, 6) is -1.50. The summed E-state index contributed by atoms with van der Waals surface area (Å²) in [6.45, 7) is 25.2. The Morgan fingerprint density at radius 1 is 1.02 bits per heavy atom. The van der Waals surface area contributed by atoms with Crippen molar-refractivity contribution in [3.63, 3.8) is 0 Å². The normalized spacial score (nSPS) is 14.9. The van der Waals surface area contributed by atoms with E-state index in [1.165, 1.54) is 24.1 Å². The highest BCUT2D eigenvalue weighted by molar-refractivity contribution is 6.74. The lowest BCUT2D eigenvalue weighted by Crippen LogP contribution is -2.56. The van der Waals surface area contributed by atoms with Crippen molar-refractivity contribution >= 4 is 37.9 Å². The zero-order valence-electron chi connectivity index (χ0n) is 37.3. The number of amides is 3. The van der Waals surface area contributed by atoms with Crippen LogP contribution in [0.3, 0.4) is 0 Å². The first-order valence-electron chi connectivity index (χ1n) is 20.1. The first kappa shape index (κ1) is 46.7. The van der Waals surface area contributed by atoms with Gasteiger partial charge in [0, 0.05) is 37.4 Å². The van der Waals surface area contributed by atoms with Gasteiger partial charge in [-0.25, -0.2) is 19.0 Å². The van der Waals surface area contributed by atoms with Crippen LogP contribution in [0.2, 0.25) is 18.1 Å². The average molecular weight is 835 g/mol. The molecular formula is C45H63FN4O8Si. The van der Waals surface area contributed by atoms with E-state index in [1.54, 1.807) is 56.9 Å². The second kappa shape index (κ2) is 17.7. The molecule has 0 aliphatic carbocycles. The first-order valence-corrected chi connectivity index (χ1v) is 23.0. The maximum absolute atomic E-state index is 15.2. The highest BCUT2D eigenvalue weighted by Gasteiger charge is 2.45. The number of nitrogens with zero attached hydrogens (tertiary/aromatic N) is 3. The van der Waals surface area contributed by atoms with E-state index in [-0.39, 0.29) is 36.1 Å². The maximum Gasteiger partial charge on any atom is 0.410 e. The number of benzene rings is 2. The number of pyridine rings is 1. The number of likely N-dealkylation sites (N-methyl/N-ethyl adjacent to an activating group) is 1. The van der Waals surface area contributed by atoms with Crippen molar-refractivity contribution in [2.24, 2.45) is 0 Å². The number of rotatable bonds is 14. The fourth-order valence-electron chi connectivity index (χ4n) is 6.87. The van der Waals surface area contributed by atoms with E-state index in [9.17, 15) is 23.9 Å². The quantitative estimate of drug-likeness (QED) is 0.153. The molecule has 0 unspecified atom stereocenters. The predicted molar refractivity (Wildman–Crippen MR) is 229 cm³/mol. The second-order valence-electron chi connectivity index (χ2n) is 18.8. The number of carbonyl (C=O) groups excluding carboxylic acids is 3. The van der Waals surface area contributed by atoms with Gasteiger partial charge in [0.2, 0.25) is 17.7 Å². The van der Waals surface area contributed by atoms with Crippen molar-refractivity contribution < 1.29 is 42.6 Å². The van der Waals surface area contributed by atoms with Gasteiger partial charge in [0.05, 0.1) is 11.4 Å². The van der Waals surface area contributed by atoms with E-state index in [0.29, 0.717) is 29.4 Å². The van der Waals surface area contributed by atoms with E-state index in [4.69, 9.17) is 18.9 Å². The van der Waals surface area contributed by atoms with Crippen LogP contribution in [0.25, 0.3) is 0 Å². The highest BCUT2D eigenvalue weighted by atomic mass is 28.4. The number of aryl methyl sites for hydroxylation is 2. The van der Waals surface area contributed by atoms with Crippen LogP contribution in [0.4, 0.5) is 14.9 Å². The van der Waals surface area contributed by atoms with E-state index in [0.717, 1.165) is 27.8 Å². The third-order valence-corrected chi connectivity index (χ3v) is 15.5. The van der Waals surface area contributed by atoms with E-state index in [2.05, 4.69) is 39.2 Å². The van der Waals surface area contributed by atoms with Gasteiger partial charge in [-0.1, -0.05) is 53.7 Å². The third kappa shape index (κ3) is 11.4. The molecule has 12 nitrogen and oxygen atoms in total. The Morgan fingerprint density at radius 2 is 1.61 bits per heavy atom. The summed E-state index contributed by atoms with van der Waals surface area (Å²) in [5.41, 5.74) is 3.70. The van der Waals surface area contributed by atoms with Crippen molar-refractivity contribution in [1.82, 2.24) is 15.2 Å². The summed E-state index contributed by atoms with van der Waals surface area (Å²) in [4.78, 5) is 61.8. The number of aliphatic carboxylic acids is 1. The van der Waals surface area contributed by atoms with Crippen LogP contribution in [0.15, 0.2) is 42.5 Å². The van der Waals surface area contributed by atoms with Crippen LogP contribution in [-0.4, -0.2) is 85.1 Å². The molecule has 1 aliphatic rings. The van der Waals surface area contributed by atoms with Crippen molar-refractivity contribution in [2.45, 2.75) is 137 Å². The smallest absolute Gasteiger partial charge is 0.410 e. The van der Waals surface area contributed by atoms with Gasteiger partial charge in [0.1, 0.15) is 29.3 Å². The molecule has 0 saturated carbocycles. The van der Waals surface area contributed by atoms with Crippen molar-refractivity contribution in [3.05, 3.63) is 81.8 Å². The lowest BCUT2D eigenvalue weighted by atomic mass is 9.90. The fourth-order valence-corrected chi connectivity index (χ4v) is 7.84. The molecular weight excluding hydrogens is 772 g/mol. The van der Waals surface area contributed by atoms with Gasteiger partial charge >= 0.3 is 12.1 Å². The Balaban J connectivity index is 1.83. The van der Waals surface area contributed by atoms with Gasteiger partial charge in [0.15, 0.2) is 6.61 Å². The number of carboxylic acids is 1. The number of hydrogen-bond donors (Lipinski definition) is 2. The average Bonchev–Trinajstić information content (AvgIpc) is 3.36. The van der Waals surface area contributed by atoms with E-state index < -0.39 is 56.0 Å². The number of carbonyl (C=O) groups is 4. The number of anilines is 1. The molecule has 0 radical (unpaired) electrons. The molecule has 0 bridgehead atoms. The summed E-state index contributed by atoms with van der Waals surface area (Å²) in [6.07, 6.45) is 0.0417. The molecule has 1 aliphatic heterocycles. The van der Waals surface area contributed by atoms with E-state index >= 15 is 4.79 Å². The van der Waals surface area contributed by atoms with Crippen LogP contribution in [0.1, 0.15) is 102 Å². The van der Waals surface area contributed by atoms with Crippen LogP contribution in [0.5, 0.6) is 11.6 Å². The summed E-state index contributed by atoms with van der Waals surface area (Å²) < 4.78 is 31.9. The summed E-state index contributed by atoms with van der Waals surface area (Å²) in [7, 11) is -0.898. The molecule has 0 fully saturated rings. The molecule has 0 saturated heterocycles. The lowest BCUT2D eigenvalue weighted by Gasteiger charge is -2.36. The zero-order chi connectivity index (χ0) is 44.4. The van der Waals surface area contributed by atoms with Crippen LogP contribution < -0.4 is 19.4 Å². The van der Waals surface area contributed by atoms with Gasteiger partial charge < -0.3 is 29.2 Å². The molecule has 3 amide bonds. The molecule has 322 valence electrons. The van der Waals surface area contributed by atoms with Crippen LogP contribution >= 0.6 is 0 Å². The lowest BCUT2D eigenvalue weighted by molar-refractivity contribution is -0.139. The number of hydrogen-bond acceptors (Lipinski definition) is 8. The molecule has 0 spiro atoms. The van der Waals surface area contributed by atoms with Gasteiger partial charge in [0.25, 0.3) is 8.32 Å². The molecule has 4 rings (SSSR count). The molecule has 2 aromatic carbocycles. The number of halogens is 1. The van der Waals surface area contributed by atoms with Crippen molar-refractivity contribution in [2.75, 3.05) is 25.1 Å². The van der Waals surface area contributed by atoms with Crippen molar-refractivity contribution in [3.8, 4) is 11.6 Å². The Morgan fingerprint density at radius 3 is 2.14 bits per heavy atom. The Bertz CT molecular complexity index is 2030. The molecule has 2 atom stereocenters. The first-order chi connectivity index (χ1) is 27.1. The molecule has 14 heteroatoms. The molecule has 2 N–H and O–H groups in total. The van der Waals surface area contributed by atoms with Crippen molar-refractivity contribution in [1.29, 1.82) is 0 Å². The standard InChI is InChI=1S/C45H63FN4O8Si/c1-15-35(49(12)42(55)57-43(4,5)6)39(53)47-34(24-33-27(2)20-32(21-28(33)3)56-25-37(51)52)41(54)50-26-45(10,11)38-36(50)23-30(22-29-16-18-31(46)19-17-29)40(48-38)58-59(13,14)44(7,8)9/h16-21,23,34-35H,15,22,24-26H2,1-14H3,(H,47,53)(H,51,52)/t34-,35-/m0/s1. The summed E-state index contributed by atoms with van der Waals surface area (Å²) in [5, 5.41) is 12.1. The highest BCUT2D eigenvalue weighted by Crippen LogP contribution is 2.45. The molecule has 2 heterocycles. The second-order valence-corrected chi connectivity index (χ2v) is 23.5. The number of carboxylic acid groups (broad SMARTS) is 1. The SMILES string of the molecule is CC[C@@H](C(=O)N[C@@H](Cc1c(C)cc(OCC(=O)O)cc1C)C(=O)N1CC(C)(C)c2nc(O[Si](C)(C)C(C)(C)C)c(Cc3ccc(F)cc3)cc21)N(C)C(=O)OC(C)(C)C. The monoisotopic (exact) mass is 834 g/mol. The summed E-state index contributed by atoms with van der Waals surface area (Å²) in [6, 6.07) is 9.58. The van der Waals surface area contributed by atoms with E-state index in [1.807, 2.05) is 33.8 Å². The zero-order valence-corrected chi connectivity index (χ0v) is 38.3. The maximum atomic E-state index is 15.2. The van der Waals surface area contributed by atoms with Gasteiger partial charge in [-0.05, 0) is 112 Å². The third-order valence-electron chi connectivity index (χ3n) is 11.2. The molecule has 3 aromatic rings. The van der Waals surface area contributed by atoms with Gasteiger partial charge in [-0.2, -0.15) is 0 Å². The number of nitrogens with one attached hydrogen (secondary N) is 1. The van der Waals surface area contributed by atoms with Crippen LogP contribution in [-0.2, 0) is 37.4 Å².